The summed E-state index contributed by atoms with van der Waals surface area (Å²) in [6, 6.07) is 15.3. The van der Waals surface area contributed by atoms with E-state index in [1.807, 2.05) is 0 Å². The minimum atomic E-state index is -4.18. The van der Waals surface area contributed by atoms with Crippen LogP contribution in [0.25, 0.3) is 11.1 Å². The van der Waals surface area contributed by atoms with Crippen LogP contribution in [0, 0.1) is 0 Å². The number of allylic oxidation sites excluding steroid dienone is 4. The molecule has 0 N–H and O–H groups in total. The minimum absolute atomic E-state index is 0.217. The Kier molecular flexibility index (Phi) is 4.12. The van der Waals surface area contributed by atoms with Crippen LogP contribution in [0.15, 0.2) is 66.8 Å². The van der Waals surface area contributed by atoms with Crippen molar-refractivity contribution in [3.8, 4) is 11.1 Å². The average molecular weight is 451 g/mol. The van der Waals surface area contributed by atoms with Crippen LogP contribution in [0.4, 0.5) is 0 Å². The van der Waals surface area contributed by atoms with E-state index in [1.54, 1.807) is 0 Å². The summed E-state index contributed by atoms with van der Waals surface area (Å²) in [5.41, 5.74) is 4.58. The van der Waals surface area contributed by atoms with Gasteiger partial charge in [-0.2, -0.15) is 0 Å². The fraction of sp³-hybridized carbons (Fsp3) is 0.200. The van der Waals surface area contributed by atoms with Gasteiger partial charge in [-0.25, -0.2) is 0 Å². The van der Waals surface area contributed by atoms with Gasteiger partial charge in [0.05, 0.1) is 0 Å². The zero-order valence-electron chi connectivity index (χ0n) is 13.9. The van der Waals surface area contributed by atoms with Gasteiger partial charge < -0.3 is 0 Å². The molecule has 0 aliphatic heterocycles. The average Bonchev–Trinajstić information content (AvgIpc) is 3.22. The second-order valence-electron chi connectivity index (χ2n) is 7.04. The molecule has 4 heteroatoms. The number of halogens is 2. The van der Waals surface area contributed by atoms with Crippen molar-refractivity contribution in [1.29, 1.82) is 0 Å². The Balaban J connectivity index is 2.04. The molecule has 0 atom stereocenters. The number of fused-ring (bicyclic) bond motifs is 3. The second-order valence-corrected chi connectivity index (χ2v) is 45.0. The molecule has 0 amide bonds. The van der Waals surface area contributed by atoms with Crippen LogP contribution in [0.2, 0.25) is 16.7 Å². The van der Waals surface area contributed by atoms with Crippen molar-refractivity contribution in [2.45, 2.75) is 23.1 Å². The van der Waals surface area contributed by atoms with E-state index in [1.165, 1.54) is 25.5 Å². The molecular formula is C20H20Cl2SiZr. The Labute approximate surface area is 152 Å². The number of hydrogen-bond donors (Lipinski definition) is 0. The molecule has 4 rings (SSSR count). The topological polar surface area (TPSA) is 0 Å². The van der Waals surface area contributed by atoms with E-state index in [-0.39, 0.29) is 3.63 Å². The predicted octanol–water partition coefficient (Wildman–Crippen LogP) is 6.05. The summed E-state index contributed by atoms with van der Waals surface area (Å²) in [5, 5.41) is 0. The normalized spacial score (nSPS) is 16.4. The van der Waals surface area contributed by atoms with Gasteiger partial charge in [-0.15, -0.1) is 0 Å². The molecule has 0 saturated carbocycles. The van der Waals surface area contributed by atoms with E-state index in [0.29, 0.717) is 0 Å². The van der Waals surface area contributed by atoms with E-state index in [2.05, 4.69) is 79.9 Å². The molecule has 0 unspecified atom stereocenters. The quantitative estimate of drug-likeness (QED) is 0.417. The van der Waals surface area contributed by atoms with Crippen molar-refractivity contribution in [2.24, 2.45) is 0 Å². The number of rotatable bonds is 2. The number of hydrogen-bond acceptors (Lipinski definition) is 0. The molecule has 2 aliphatic carbocycles. The SMILES string of the molecule is C[Si](C)=[Zr]([Cl])([Cl])([c]1cccc2c1Cc1ccccc1-2)[CH]1C=CC=C1. The maximum absolute atomic E-state index is 7.61. The van der Waals surface area contributed by atoms with Crippen molar-refractivity contribution < 1.29 is 15.0 Å². The first-order valence-electron chi connectivity index (χ1n) is 8.36. The standard InChI is InChI=1S/C13H9.C5H5.C2H6Si.2ClH.Zr/c1-3-7-12-10(5-1)9-11-6-2-4-8-13(11)12;1-2-4-5-3-1;1-3-2;;;/h1-5,7-8H,9H2;1-5H;1-2H3;2*1H;/q;;;;;+2/p-2. The van der Waals surface area contributed by atoms with Gasteiger partial charge in [-0.3, -0.25) is 0 Å². The van der Waals surface area contributed by atoms with Gasteiger partial charge in [0, 0.05) is 0 Å². The molecule has 0 aromatic heterocycles. The summed E-state index contributed by atoms with van der Waals surface area (Å²) < 4.78 is 1.52. The summed E-state index contributed by atoms with van der Waals surface area (Å²) >= 11 is -4.18. The second kappa shape index (κ2) is 5.81. The number of benzene rings is 2. The monoisotopic (exact) mass is 448 g/mol. The molecule has 0 fully saturated rings. The van der Waals surface area contributed by atoms with Crippen LogP contribution in [-0.4, -0.2) is 5.43 Å². The molecular weight excluding hydrogens is 430 g/mol. The molecule has 0 saturated heterocycles. The molecule has 2 aliphatic rings. The van der Waals surface area contributed by atoms with E-state index in [0.717, 1.165) is 6.42 Å². The van der Waals surface area contributed by atoms with Crippen molar-refractivity contribution in [3.05, 3.63) is 77.9 Å². The molecule has 0 radical (unpaired) electrons. The first-order valence-corrected chi connectivity index (χ1v) is 23.5. The maximum atomic E-state index is 7.61. The van der Waals surface area contributed by atoms with E-state index >= 15 is 0 Å². The fourth-order valence-electron chi connectivity index (χ4n) is 4.14. The molecule has 2 aromatic carbocycles. The van der Waals surface area contributed by atoms with Gasteiger partial charge in [0.1, 0.15) is 0 Å². The molecule has 2 aromatic rings. The molecule has 0 bridgehead atoms. The van der Waals surface area contributed by atoms with E-state index in [4.69, 9.17) is 17.0 Å². The first-order chi connectivity index (χ1) is 11.4. The molecule has 0 spiro atoms. The Bertz CT molecular complexity index is 963. The molecule has 122 valence electrons. The summed E-state index contributed by atoms with van der Waals surface area (Å²) in [4.78, 5) is 0. The van der Waals surface area contributed by atoms with Crippen molar-refractivity contribution in [2.75, 3.05) is 0 Å². The third-order valence-corrected chi connectivity index (χ3v) is 50.7. The van der Waals surface area contributed by atoms with Gasteiger partial charge in [-0.05, 0) is 0 Å². The van der Waals surface area contributed by atoms with Crippen molar-refractivity contribution >= 4 is 25.7 Å². The third-order valence-electron chi connectivity index (χ3n) is 5.59. The molecule has 0 heterocycles. The van der Waals surface area contributed by atoms with E-state index in [9.17, 15) is 0 Å². The summed E-state index contributed by atoms with van der Waals surface area (Å²) in [7, 11) is 15.2. The first kappa shape index (κ1) is 17.0. The zero-order chi connectivity index (χ0) is 17.0. The molecule has 24 heavy (non-hydrogen) atoms. The summed E-state index contributed by atoms with van der Waals surface area (Å²) in [6.07, 6.45) is 9.62. The van der Waals surface area contributed by atoms with Crippen LogP contribution in [0.5, 0.6) is 0 Å². The Morgan fingerprint density at radius 3 is 2.29 bits per heavy atom. The van der Waals surface area contributed by atoms with Gasteiger partial charge in [-0.1, -0.05) is 0 Å². The third kappa shape index (κ3) is 2.27. The van der Waals surface area contributed by atoms with Crippen LogP contribution in [-0.2, 0) is 21.4 Å². The fourth-order valence-corrected chi connectivity index (χ4v) is 26.6. The van der Waals surface area contributed by atoms with Crippen LogP contribution < -0.4 is 3.27 Å². The summed E-state index contributed by atoms with van der Waals surface area (Å²) in [5.74, 6) is 0. The van der Waals surface area contributed by atoms with Crippen molar-refractivity contribution in [1.82, 2.24) is 0 Å². The zero-order valence-corrected chi connectivity index (χ0v) is 18.9. The molecule has 0 nitrogen and oxygen atoms in total. The van der Waals surface area contributed by atoms with Crippen LogP contribution in [0.1, 0.15) is 11.1 Å². The van der Waals surface area contributed by atoms with E-state index < -0.39 is 20.4 Å². The Hall–Kier alpha value is -0.400. The predicted molar refractivity (Wildman–Crippen MR) is 106 cm³/mol. The summed E-state index contributed by atoms with van der Waals surface area (Å²) in [6.45, 7) is 4.61. The van der Waals surface area contributed by atoms with Crippen molar-refractivity contribution in [3.63, 3.8) is 0 Å². The van der Waals surface area contributed by atoms with Gasteiger partial charge in [0.15, 0.2) is 0 Å². The van der Waals surface area contributed by atoms with Gasteiger partial charge >= 0.3 is 153 Å². The van der Waals surface area contributed by atoms with Crippen LogP contribution >= 0.6 is 17.0 Å². The van der Waals surface area contributed by atoms with Gasteiger partial charge in [0.2, 0.25) is 0 Å². The Morgan fingerprint density at radius 1 is 0.917 bits per heavy atom. The van der Waals surface area contributed by atoms with Gasteiger partial charge in [0.25, 0.3) is 0 Å². The van der Waals surface area contributed by atoms with Crippen LogP contribution in [0.3, 0.4) is 0 Å². The Morgan fingerprint density at radius 2 is 1.58 bits per heavy atom.